The molecule has 2 aromatic heterocycles. The fraction of sp³-hybridized carbons (Fsp3) is 0.400. The van der Waals surface area contributed by atoms with E-state index in [1.54, 1.807) is 19.1 Å². The lowest BCUT2D eigenvalue weighted by Crippen LogP contribution is -2.43. The van der Waals surface area contributed by atoms with Gasteiger partial charge in [-0.15, -0.1) is 11.8 Å². The number of nitrogens with two attached hydrogens (primary N) is 1. The molecule has 1 saturated heterocycles. The van der Waals surface area contributed by atoms with Crippen LogP contribution in [0.3, 0.4) is 0 Å². The van der Waals surface area contributed by atoms with Crippen LogP contribution < -0.4 is 38.0 Å². The minimum Gasteiger partial charge on any atom is -0.480 e. The van der Waals surface area contributed by atoms with E-state index in [1.165, 1.54) is 25.4 Å². The number of hydrazone groups is 1. The smallest absolute Gasteiger partial charge is 0.326 e. The van der Waals surface area contributed by atoms with E-state index in [1.807, 2.05) is 0 Å². The van der Waals surface area contributed by atoms with Crippen molar-refractivity contribution in [2.24, 2.45) is 5.10 Å². The molecule has 1 aliphatic rings. The first-order chi connectivity index (χ1) is 27.7. The molecule has 1 aromatic carbocycles. The Balaban J connectivity index is 1.18. The zero-order chi connectivity index (χ0) is 42.4. The van der Waals surface area contributed by atoms with Gasteiger partial charge in [0, 0.05) is 62.0 Å². The molecule has 0 spiro atoms. The maximum atomic E-state index is 12.9. The molecular formula is C35H42N12O10S. The molecule has 0 bridgehead atoms. The van der Waals surface area contributed by atoms with Crippen molar-refractivity contribution in [1.82, 2.24) is 46.2 Å². The van der Waals surface area contributed by atoms with Gasteiger partial charge in [0.05, 0.1) is 29.7 Å². The van der Waals surface area contributed by atoms with Gasteiger partial charge in [-0.1, -0.05) is 0 Å². The van der Waals surface area contributed by atoms with Crippen LogP contribution in [0.5, 0.6) is 0 Å². The number of thioether (sulfide) groups is 1. The highest BCUT2D eigenvalue weighted by Gasteiger charge is 2.39. The largest absolute Gasteiger partial charge is 0.480 e. The Bertz CT molecular complexity index is 2150. The van der Waals surface area contributed by atoms with Crippen LogP contribution in [-0.4, -0.2) is 120 Å². The Hall–Kier alpha value is -6.78. The van der Waals surface area contributed by atoms with Crippen LogP contribution in [0.2, 0.25) is 0 Å². The van der Waals surface area contributed by atoms with Gasteiger partial charge in [0.15, 0.2) is 11.2 Å². The van der Waals surface area contributed by atoms with Crippen molar-refractivity contribution in [2.75, 3.05) is 30.4 Å². The van der Waals surface area contributed by atoms with Crippen LogP contribution >= 0.6 is 11.8 Å². The fourth-order valence-corrected chi connectivity index (χ4v) is 6.43. The number of aromatic nitrogens is 4. The van der Waals surface area contributed by atoms with Crippen LogP contribution in [0.1, 0.15) is 61.5 Å². The van der Waals surface area contributed by atoms with E-state index in [2.05, 4.69) is 51.7 Å². The third kappa shape index (κ3) is 12.9. The van der Waals surface area contributed by atoms with Crippen molar-refractivity contribution >= 4 is 88.0 Å². The number of nitrogens with zero attached hydrogens (tertiary/aromatic N) is 5. The maximum Gasteiger partial charge on any atom is 0.326 e. The fourth-order valence-electron chi connectivity index (χ4n) is 5.30. The van der Waals surface area contributed by atoms with E-state index in [0.29, 0.717) is 29.8 Å². The second-order valence-corrected chi connectivity index (χ2v) is 14.1. The number of likely N-dealkylation sites (tertiary alicyclic amines) is 1. The molecule has 1 unspecified atom stereocenters. The standard InChI is InChI=1S/C35H42N12O10S/c1-18(3-9-25(49)37-2)45-46-27(51)11-12-47-28(52)13-24(33(47)55)58-17-22(16-48)40-26(50)10-8-23(34(56)57)42-31(53)19-4-6-20(7-5-19)38-14-21-15-39-30-29(41-21)32(54)44-35(36)43-30/h4-7,15-16,22-24,38H,3,8-14,17H2,1-2H3,(H,37,49)(H,40,50)(H,42,53)(H,46,51)(H,56,57)(H3,36,39,43,44,54)/b45-18+/t22-,23+,24?/m1/s1. The molecule has 308 valence electrons. The molecule has 3 aromatic rings. The number of imide groups is 1. The predicted octanol–water partition coefficient (Wildman–Crippen LogP) is -1.18. The van der Waals surface area contributed by atoms with E-state index in [0.717, 1.165) is 16.7 Å². The molecule has 0 saturated carbocycles. The van der Waals surface area contributed by atoms with Gasteiger partial charge >= 0.3 is 5.97 Å². The second-order valence-electron chi connectivity index (χ2n) is 12.8. The minimum atomic E-state index is -1.44. The van der Waals surface area contributed by atoms with Gasteiger partial charge < -0.3 is 36.9 Å². The highest BCUT2D eigenvalue weighted by atomic mass is 32.2. The Kier molecular flexibility index (Phi) is 15.9. The van der Waals surface area contributed by atoms with E-state index in [9.17, 15) is 48.3 Å². The Morgan fingerprint density at radius 2 is 1.78 bits per heavy atom. The number of carboxylic acid groups (broad SMARTS) is 1. The van der Waals surface area contributed by atoms with Crippen LogP contribution in [0, 0.1) is 0 Å². The molecule has 1 fully saturated rings. The highest BCUT2D eigenvalue weighted by Crippen LogP contribution is 2.26. The molecular weight excluding hydrogens is 781 g/mol. The lowest BCUT2D eigenvalue weighted by atomic mass is 10.1. The number of carboxylic acids is 1. The lowest BCUT2D eigenvalue weighted by Gasteiger charge is -2.17. The summed E-state index contributed by atoms with van der Waals surface area (Å²) in [6.07, 6.45) is 1.36. The molecule has 1 aliphatic heterocycles. The monoisotopic (exact) mass is 822 g/mol. The van der Waals surface area contributed by atoms with Gasteiger partial charge in [-0.2, -0.15) is 10.1 Å². The zero-order valence-electron chi connectivity index (χ0n) is 31.4. The third-order valence-electron chi connectivity index (χ3n) is 8.49. The lowest BCUT2D eigenvalue weighted by molar-refractivity contribution is -0.140. The number of anilines is 2. The van der Waals surface area contributed by atoms with Crippen molar-refractivity contribution in [1.29, 1.82) is 0 Å². The Labute approximate surface area is 334 Å². The highest BCUT2D eigenvalue weighted by molar-refractivity contribution is 8.00. The van der Waals surface area contributed by atoms with Gasteiger partial charge in [-0.3, -0.25) is 43.4 Å². The van der Waals surface area contributed by atoms with E-state index in [4.69, 9.17) is 5.73 Å². The molecule has 6 amide bonds. The van der Waals surface area contributed by atoms with Crippen molar-refractivity contribution < 1.29 is 43.5 Å². The van der Waals surface area contributed by atoms with Crippen LogP contribution in [0.25, 0.3) is 11.2 Å². The molecule has 3 heterocycles. The van der Waals surface area contributed by atoms with Crippen LogP contribution in [0.4, 0.5) is 11.6 Å². The molecule has 23 heteroatoms. The summed E-state index contributed by atoms with van der Waals surface area (Å²) in [7, 11) is 1.51. The van der Waals surface area contributed by atoms with Crippen molar-refractivity contribution in [3.05, 3.63) is 52.1 Å². The summed E-state index contributed by atoms with van der Waals surface area (Å²) in [5, 5.41) is 23.2. The van der Waals surface area contributed by atoms with Crippen LogP contribution in [0.15, 0.2) is 40.4 Å². The number of hydrogen-bond donors (Lipinski definition) is 8. The molecule has 58 heavy (non-hydrogen) atoms. The Morgan fingerprint density at radius 1 is 1.03 bits per heavy atom. The first kappa shape index (κ1) is 43.9. The SMILES string of the molecule is CNC(=O)CC/C(C)=N/NC(=O)CCN1C(=O)CC(SC[C@@H](C=O)NC(=O)CC[C@H](NC(=O)c2ccc(NCc3cnc4nc(N)[nH]c(=O)c4n3)cc2)C(=O)O)C1=O. The van der Waals surface area contributed by atoms with Crippen molar-refractivity contribution in [3.63, 3.8) is 0 Å². The summed E-state index contributed by atoms with van der Waals surface area (Å²) < 4.78 is 0. The normalized spacial score (nSPS) is 15.0. The first-order valence-electron chi connectivity index (χ1n) is 17.8. The number of aliphatic carboxylic acids is 1. The van der Waals surface area contributed by atoms with Crippen molar-refractivity contribution in [2.45, 2.75) is 69.3 Å². The number of nitrogen functional groups attached to an aromatic ring is 1. The maximum absolute atomic E-state index is 12.9. The number of carbonyl (C=O) groups excluding carboxylic acids is 7. The summed E-state index contributed by atoms with van der Waals surface area (Å²) in [6, 6.07) is 3.54. The predicted molar refractivity (Wildman–Crippen MR) is 209 cm³/mol. The van der Waals surface area contributed by atoms with Crippen molar-refractivity contribution in [3.8, 4) is 0 Å². The van der Waals surface area contributed by atoms with E-state index < -0.39 is 58.4 Å². The number of fused-ring (bicyclic) bond motifs is 1. The molecule has 3 atom stereocenters. The number of aromatic amines is 1. The van der Waals surface area contributed by atoms with Gasteiger partial charge in [0.1, 0.15) is 12.3 Å². The first-order valence-corrected chi connectivity index (χ1v) is 18.8. The summed E-state index contributed by atoms with van der Waals surface area (Å²) in [5.41, 5.74) is 9.08. The number of aldehydes is 1. The number of hydrogen-bond acceptors (Lipinski definition) is 16. The van der Waals surface area contributed by atoms with Gasteiger partial charge in [0.2, 0.25) is 35.5 Å². The van der Waals surface area contributed by atoms with Gasteiger partial charge in [-0.25, -0.2) is 20.2 Å². The topological polar surface area (TPSA) is 330 Å². The molecule has 22 nitrogen and oxygen atoms in total. The van der Waals surface area contributed by atoms with E-state index >= 15 is 0 Å². The number of carbonyl (C=O) groups is 8. The van der Waals surface area contributed by atoms with Gasteiger partial charge in [-0.05, 0) is 44.0 Å². The van der Waals surface area contributed by atoms with E-state index in [-0.39, 0.29) is 79.5 Å². The minimum absolute atomic E-state index is 0.0187. The molecule has 4 rings (SSSR count). The summed E-state index contributed by atoms with van der Waals surface area (Å²) in [5.74, 6) is -4.69. The quantitative estimate of drug-likeness (QED) is 0.0271. The molecule has 9 N–H and O–H groups in total. The third-order valence-corrected chi connectivity index (χ3v) is 9.81. The number of benzene rings is 1. The Morgan fingerprint density at radius 3 is 2.47 bits per heavy atom. The number of H-pyrrole nitrogens is 1. The molecule has 0 radical (unpaired) electrons. The van der Waals surface area contributed by atoms with Crippen LogP contribution in [-0.2, 0) is 40.1 Å². The zero-order valence-corrected chi connectivity index (χ0v) is 32.2. The average molecular weight is 823 g/mol. The number of rotatable bonds is 21. The average Bonchev–Trinajstić information content (AvgIpc) is 3.48. The molecule has 0 aliphatic carbocycles. The number of amides is 6. The van der Waals surface area contributed by atoms with Gasteiger partial charge in [0.25, 0.3) is 11.5 Å². The number of nitrogens with one attached hydrogen (secondary N) is 6. The second kappa shape index (κ2) is 20.9. The summed E-state index contributed by atoms with van der Waals surface area (Å²) in [4.78, 5) is 126. The summed E-state index contributed by atoms with van der Waals surface area (Å²) in [6.45, 7) is 1.62. The summed E-state index contributed by atoms with van der Waals surface area (Å²) >= 11 is 0.978.